The van der Waals surface area contributed by atoms with Crippen molar-refractivity contribution in [3.63, 3.8) is 0 Å². The average Bonchev–Trinajstić information content (AvgIpc) is 2.35. The van der Waals surface area contributed by atoms with E-state index in [2.05, 4.69) is 29.9 Å². The molecule has 1 amide bonds. The lowest BCUT2D eigenvalue weighted by atomic mass is 10.0. The molecule has 0 aromatic heterocycles. The molecule has 0 fully saturated rings. The number of hydrogen-bond donors (Lipinski definition) is 1. The van der Waals surface area contributed by atoms with Gasteiger partial charge in [0.1, 0.15) is 0 Å². The minimum absolute atomic E-state index is 0.0542. The lowest BCUT2D eigenvalue weighted by molar-refractivity contribution is -0.114. The summed E-state index contributed by atoms with van der Waals surface area (Å²) >= 11 is 5.67. The Morgan fingerprint density at radius 2 is 1.94 bits per heavy atom. The number of nitrogens with one attached hydrogen (secondary N) is 1. The van der Waals surface area contributed by atoms with Crippen LogP contribution in [0.3, 0.4) is 0 Å². The maximum absolute atomic E-state index is 11.0. The van der Waals surface area contributed by atoms with Crippen LogP contribution in [0.5, 0.6) is 0 Å². The molecule has 0 aliphatic rings. The van der Waals surface area contributed by atoms with E-state index < -0.39 is 0 Å². The molecule has 0 bridgehead atoms. The van der Waals surface area contributed by atoms with Gasteiger partial charge in [0.05, 0.1) is 0 Å². The molecule has 0 heterocycles. The van der Waals surface area contributed by atoms with Gasteiger partial charge in [0, 0.05) is 18.5 Å². The molecule has 2 aromatic carbocycles. The third kappa shape index (κ3) is 3.23. The standard InChI is InChI=1S/C15H15ClNO/c1-11(18)17-15-7-6-13-9-12(3-2-8-16)4-5-14(13)10-15/h3-7,9-10H,2,8H2,1H3,(H,17,18). The van der Waals surface area contributed by atoms with E-state index >= 15 is 0 Å². The number of fused-ring (bicyclic) bond motifs is 1. The van der Waals surface area contributed by atoms with Crippen molar-refractivity contribution in [3.8, 4) is 0 Å². The molecule has 0 aliphatic heterocycles. The molecular weight excluding hydrogens is 246 g/mol. The topological polar surface area (TPSA) is 29.1 Å². The third-order valence-corrected chi connectivity index (χ3v) is 2.89. The number of hydrogen-bond acceptors (Lipinski definition) is 1. The second-order valence-corrected chi connectivity index (χ2v) is 4.56. The number of alkyl halides is 1. The summed E-state index contributed by atoms with van der Waals surface area (Å²) in [5, 5.41) is 5.06. The summed E-state index contributed by atoms with van der Waals surface area (Å²) in [4.78, 5) is 11.0. The first-order chi connectivity index (χ1) is 8.69. The third-order valence-electron chi connectivity index (χ3n) is 2.67. The Kier molecular flexibility index (Phi) is 4.21. The van der Waals surface area contributed by atoms with Crippen molar-refractivity contribution in [1.29, 1.82) is 0 Å². The SMILES string of the molecule is CC(=O)Nc1ccc2cc([CH]CCCl)ccc2c1. The molecule has 1 N–H and O–H groups in total. The number of carbonyl (C=O) groups excluding carboxylic acids is 1. The lowest BCUT2D eigenvalue weighted by Crippen LogP contribution is -2.05. The highest BCUT2D eigenvalue weighted by Crippen LogP contribution is 2.21. The summed E-state index contributed by atoms with van der Waals surface area (Å²) in [6.45, 7) is 1.51. The Labute approximate surface area is 112 Å². The minimum atomic E-state index is -0.0542. The Morgan fingerprint density at radius 3 is 2.67 bits per heavy atom. The maximum Gasteiger partial charge on any atom is 0.221 e. The second-order valence-electron chi connectivity index (χ2n) is 4.18. The first-order valence-corrected chi connectivity index (χ1v) is 6.43. The van der Waals surface area contributed by atoms with Gasteiger partial charge in [-0.05, 0) is 41.3 Å². The Balaban J connectivity index is 2.27. The largest absolute Gasteiger partial charge is 0.326 e. The number of amides is 1. The van der Waals surface area contributed by atoms with Crippen LogP contribution in [0.1, 0.15) is 18.9 Å². The zero-order valence-electron chi connectivity index (χ0n) is 10.2. The molecule has 0 spiro atoms. The van der Waals surface area contributed by atoms with Gasteiger partial charge in [0.2, 0.25) is 5.91 Å². The molecule has 0 atom stereocenters. The summed E-state index contributed by atoms with van der Waals surface area (Å²) in [7, 11) is 0. The van der Waals surface area contributed by atoms with Gasteiger partial charge in [-0.15, -0.1) is 11.6 Å². The highest BCUT2D eigenvalue weighted by molar-refractivity contribution is 6.17. The van der Waals surface area contributed by atoms with Gasteiger partial charge >= 0.3 is 0 Å². The fraction of sp³-hybridized carbons (Fsp3) is 0.200. The van der Waals surface area contributed by atoms with Gasteiger partial charge in [-0.25, -0.2) is 0 Å². The highest BCUT2D eigenvalue weighted by Gasteiger charge is 2.00. The van der Waals surface area contributed by atoms with E-state index in [4.69, 9.17) is 11.6 Å². The molecule has 2 nitrogen and oxygen atoms in total. The van der Waals surface area contributed by atoms with Crippen molar-refractivity contribution in [2.24, 2.45) is 0 Å². The van der Waals surface area contributed by atoms with Gasteiger partial charge in [0.15, 0.2) is 0 Å². The van der Waals surface area contributed by atoms with E-state index in [9.17, 15) is 4.79 Å². The van der Waals surface area contributed by atoms with Crippen LogP contribution in [0.2, 0.25) is 0 Å². The molecule has 3 heteroatoms. The minimum Gasteiger partial charge on any atom is -0.326 e. The molecule has 2 rings (SSSR count). The van der Waals surface area contributed by atoms with Crippen molar-refractivity contribution in [2.45, 2.75) is 13.3 Å². The summed E-state index contributed by atoms with van der Waals surface area (Å²) in [6.07, 6.45) is 2.99. The van der Waals surface area contributed by atoms with Crippen molar-refractivity contribution in [3.05, 3.63) is 48.4 Å². The molecular formula is C15H15ClNO. The molecule has 2 aromatic rings. The van der Waals surface area contributed by atoms with Crippen LogP contribution in [0.25, 0.3) is 10.8 Å². The highest BCUT2D eigenvalue weighted by atomic mass is 35.5. The number of anilines is 1. The van der Waals surface area contributed by atoms with Crippen molar-refractivity contribution >= 4 is 34.0 Å². The van der Waals surface area contributed by atoms with E-state index in [1.165, 1.54) is 12.5 Å². The van der Waals surface area contributed by atoms with Crippen LogP contribution in [-0.4, -0.2) is 11.8 Å². The van der Waals surface area contributed by atoms with Crippen molar-refractivity contribution in [1.82, 2.24) is 0 Å². The Morgan fingerprint density at radius 1 is 1.22 bits per heavy atom. The van der Waals surface area contributed by atoms with E-state index in [-0.39, 0.29) is 5.91 Å². The van der Waals surface area contributed by atoms with E-state index in [0.717, 1.165) is 22.9 Å². The first-order valence-electron chi connectivity index (χ1n) is 5.89. The number of halogens is 1. The fourth-order valence-electron chi connectivity index (χ4n) is 1.89. The van der Waals surface area contributed by atoms with Crippen LogP contribution >= 0.6 is 11.6 Å². The number of carbonyl (C=O) groups is 1. The first kappa shape index (κ1) is 12.9. The summed E-state index contributed by atoms with van der Waals surface area (Å²) in [5.41, 5.74) is 2.00. The normalized spacial score (nSPS) is 10.6. The quantitative estimate of drug-likeness (QED) is 0.828. The molecule has 0 saturated carbocycles. The van der Waals surface area contributed by atoms with Gasteiger partial charge in [-0.2, -0.15) is 0 Å². The monoisotopic (exact) mass is 260 g/mol. The molecule has 0 saturated heterocycles. The molecule has 93 valence electrons. The van der Waals surface area contributed by atoms with Crippen molar-refractivity contribution in [2.75, 3.05) is 11.2 Å². The molecule has 18 heavy (non-hydrogen) atoms. The lowest BCUT2D eigenvalue weighted by Gasteiger charge is -2.06. The summed E-state index contributed by atoms with van der Waals surface area (Å²) in [6, 6.07) is 12.1. The zero-order chi connectivity index (χ0) is 13.0. The second kappa shape index (κ2) is 5.87. The summed E-state index contributed by atoms with van der Waals surface area (Å²) in [5.74, 6) is 0.584. The van der Waals surface area contributed by atoms with E-state index in [1.807, 2.05) is 18.2 Å². The molecule has 0 aliphatic carbocycles. The molecule has 1 radical (unpaired) electrons. The average molecular weight is 261 g/mol. The zero-order valence-corrected chi connectivity index (χ0v) is 11.0. The Bertz CT molecular complexity index is 565. The van der Waals surface area contributed by atoms with Crippen LogP contribution in [-0.2, 0) is 4.79 Å². The van der Waals surface area contributed by atoms with Crippen LogP contribution in [0.15, 0.2) is 36.4 Å². The van der Waals surface area contributed by atoms with Gasteiger partial charge in [0.25, 0.3) is 0 Å². The predicted molar refractivity (Wildman–Crippen MR) is 77.0 cm³/mol. The predicted octanol–water partition coefficient (Wildman–Crippen LogP) is 3.98. The fourth-order valence-corrected chi connectivity index (χ4v) is 2.00. The van der Waals surface area contributed by atoms with Gasteiger partial charge in [-0.1, -0.05) is 24.3 Å². The van der Waals surface area contributed by atoms with Gasteiger partial charge < -0.3 is 5.32 Å². The van der Waals surface area contributed by atoms with Gasteiger partial charge in [-0.3, -0.25) is 4.79 Å². The van der Waals surface area contributed by atoms with Crippen LogP contribution in [0.4, 0.5) is 5.69 Å². The summed E-state index contributed by atoms with van der Waals surface area (Å²) < 4.78 is 0. The Hall–Kier alpha value is -1.54. The number of rotatable bonds is 4. The molecule has 0 unspecified atom stereocenters. The van der Waals surface area contributed by atoms with Crippen LogP contribution < -0.4 is 5.32 Å². The maximum atomic E-state index is 11.0. The van der Waals surface area contributed by atoms with E-state index in [1.54, 1.807) is 0 Å². The van der Waals surface area contributed by atoms with Crippen LogP contribution in [0, 0.1) is 6.42 Å². The van der Waals surface area contributed by atoms with Crippen molar-refractivity contribution < 1.29 is 4.79 Å². The smallest absolute Gasteiger partial charge is 0.221 e. The van der Waals surface area contributed by atoms with E-state index in [0.29, 0.717) is 5.88 Å². The number of benzene rings is 2.